The molecule has 0 spiro atoms. The van der Waals surface area contributed by atoms with Crippen molar-refractivity contribution in [3.05, 3.63) is 69.0 Å². The average Bonchev–Trinajstić information content (AvgIpc) is 2.67. The van der Waals surface area contributed by atoms with Crippen LogP contribution >= 0.6 is 39.3 Å². The summed E-state index contributed by atoms with van der Waals surface area (Å²) in [6.45, 7) is 0.775. The van der Waals surface area contributed by atoms with Gasteiger partial charge in [0.1, 0.15) is 5.82 Å². The molecule has 1 heterocycles. The zero-order valence-electron chi connectivity index (χ0n) is 14.9. The number of hydrogen-bond acceptors (Lipinski definition) is 6. The number of rotatable bonds is 10. The zero-order valence-corrected chi connectivity index (χ0v) is 18.8. The maximum atomic E-state index is 12.6. The van der Waals surface area contributed by atoms with Gasteiger partial charge in [-0.2, -0.15) is 11.8 Å². The number of aromatic nitrogens is 1. The van der Waals surface area contributed by atoms with Gasteiger partial charge in [-0.1, -0.05) is 17.5 Å². The molecule has 1 aromatic heterocycles. The van der Waals surface area contributed by atoms with Gasteiger partial charge in [-0.25, -0.2) is 8.42 Å². The molecule has 1 aromatic carbocycles. The Balaban J connectivity index is 1.95. The Labute approximate surface area is 183 Å². The zero-order chi connectivity index (χ0) is 20.4. The lowest BCUT2D eigenvalue weighted by Crippen LogP contribution is -2.29. The van der Waals surface area contributed by atoms with Crippen LogP contribution in [0.1, 0.15) is 5.69 Å². The Kier molecular flexibility index (Phi) is 9.19. The molecule has 0 aliphatic heterocycles. The Morgan fingerprint density at radius 1 is 1.29 bits per heavy atom. The van der Waals surface area contributed by atoms with Crippen LogP contribution in [0.5, 0.6) is 0 Å². The molecule has 148 valence electrons. The first-order valence-electron chi connectivity index (χ1n) is 8.23. The first-order chi connectivity index (χ1) is 13.4. The molecule has 0 saturated carbocycles. The monoisotopic (exact) mass is 499 g/mol. The summed E-state index contributed by atoms with van der Waals surface area (Å²) in [6.07, 6.45) is 7.03. The normalized spacial score (nSPS) is 11.7. The standard InChI is InChI=1S/C19H19BrClN3O2S2/c1-2-9-23-19(14-28(25,26)16-7-5-15(21)6-8-16)24-11-12-27-13-18-17(20)4-3-10-22-18/h1,3-8,10,14,23-24H,9,11-13H2/b19-14-. The molecule has 0 atom stereocenters. The van der Waals surface area contributed by atoms with Crippen LogP contribution in [0, 0.1) is 12.3 Å². The van der Waals surface area contributed by atoms with E-state index >= 15 is 0 Å². The maximum absolute atomic E-state index is 12.6. The molecule has 0 bridgehead atoms. The van der Waals surface area contributed by atoms with Gasteiger partial charge in [0.05, 0.1) is 22.5 Å². The van der Waals surface area contributed by atoms with E-state index in [4.69, 9.17) is 18.0 Å². The fourth-order valence-corrected chi connectivity index (χ4v) is 4.74. The predicted molar refractivity (Wildman–Crippen MR) is 120 cm³/mol. The van der Waals surface area contributed by atoms with Crippen molar-refractivity contribution in [2.45, 2.75) is 10.6 Å². The number of benzene rings is 1. The highest BCUT2D eigenvalue weighted by Gasteiger charge is 2.13. The first-order valence-corrected chi connectivity index (χ1v) is 12.1. The molecule has 0 saturated heterocycles. The molecule has 0 amide bonds. The second-order valence-electron chi connectivity index (χ2n) is 5.50. The van der Waals surface area contributed by atoms with Crippen LogP contribution in [-0.2, 0) is 15.6 Å². The lowest BCUT2D eigenvalue weighted by molar-refractivity contribution is 0.603. The van der Waals surface area contributed by atoms with Crippen LogP contribution in [0.15, 0.2) is 63.2 Å². The van der Waals surface area contributed by atoms with E-state index in [-0.39, 0.29) is 11.4 Å². The SMILES string of the molecule is C#CCN/C(=C/S(=O)(=O)c1ccc(Cl)cc1)NCCSCc1ncccc1Br. The van der Waals surface area contributed by atoms with Crippen molar-refractivity contribution in [3.63, 3.8) is 0 Å². The average molecular weight is 501 g/mol. The van der Waals surface area contributed by atoms with E-state index in [1.54, 1.807) is 18.0 Å². The van der Waals surface area contributed by atoms with Gasteiger partial charge in [0.2, 0.25) is 9.84 Å². The molecular formula is C19H19BrClN3O2S2. The number of pyridine rings is 1. The number of nitrogens with one attached hydrogen (secondary N) is 2. The van der Waals surface area contributed by atoms with E-state index in [1.807, 2.05) is 12.1 Å². The Hall–Kier alpha value is -1.66. The first kappa shape index (κ1) is 22.6. The summed E-state index contributed by atoms with van der Waals surface area (Å²) in [5, 5.41) is 7.61. The number of thioether (sulfide) groups is 1. The third kappa shape index (κ3) is 7.40. The summed E-state index contributed by atoms with van der Waals surface area (Å²) >= 11 is 11.0. The minimum atomic E-state index is -3.64. The van der Waals surface area contributed by atoms with Crippen molar-refractivity contribution in [1.29, 1.82) is 0 Å². The predicted octanol–water partition coefficient (Wildman–Crippen LogP) is 3.82. The van der Waals surface area contributed by atoms with Crippen LogP contribution in [0.2, 0.25) is 5.02 Å². The maximum Gasteiger partial charge on any atom is 0.203 e. The summed E-state index contributed by atoms with van der Waals surface area (Å²) in [5.41, 5.74) is 0.971. The molecule has 0 radical (unpaired) electrons. The van der Waals surface area contributed by atoms with E-state index in [1.165, 1.54) is 24.3 Å². The van der Waals surface area contributed by atoms with Gasteiger partial charge in [-0.15, -0.1) is 6.42 Å². The molecule has 0 unspecified atom stereocenters. The second-order valence-corrected chi connectivity index (χ2v) is 9.69. The smallest absolute Gasteiger partial charge is 0.203 e. The van der Waals surface area contributed by atoms with E-state index in [0.717, 1.165) is 27.1 Å². The fourth-order valence-electron chi connectivity index (χ4n) is 2.09. The van der Waals surface area contributed by atoms with Crippen LogP contribution in [0.3, 0.4) is 0 Å². The highest BCUT2D eigenvalue weighted by molar-refractivity contribution is 9.10. The van der Waals surface area contributed by atoms with Crippen molar-refractivity contribution >= 4 is 49.1 Å². The number of halogens is 2. The largest absolute Gasteiger partial charge is 0.370 e. The molecule has 2 aromatic rings. The van der Waals surface area contributed by atoms with Crippen LogP contribution in [0.25, 0.3) is 0 Å². The molecule has 5 nitrogen and oxygen atoms in total. The van der Waals surface area contributed by atoms with E-state index in [9.17, 15) is 8.42 Å². The molecule has 0 fully saturated rings. The highest BCUT2D eigenvalue weighted by Crippen LogP contribution is 2.19. The Morgan fingerprint density at radius 2 is 2.04 bits per heavy atom. The fraction of sp³-hybridized carbons (Fsp3) is 0.211. The Morgan fingerprint density at radius 3 is 2.71 bits per heavy atom. The van der Waals surface area contributed by atoms with Gasteiger partial charge in [-0.05, 0) is 52.3 Å². The van der Waals surface area contributed by atoms with Crippen molar-refractivity contribution in [3.8, 4) is 12.3 Å². The number of nitrogens with zero attached hydrogens (tertiary/aromatic N) is 1. The van der Waals surface area contributed by atoms with E-state index < -0.39 is 9.84 Å². The highest BCUT2D eigenvalue weighted by atomic mass is 79.9. The lowest BCUT2D eigenvalue weighted by Gasteiger charge is -2.12. The molecule has 2 N–H and O–H groups in total. The lowest BCUT2D eigenvalue weighted by atomic mass is 10.4. The van der Waals surface area contributed by atoms with Gasteiger partial charge < -0.3 is 10.6 Å². The van der Waals surface area contributed by atoms with E-state index in [0.29, 0.717) is 17.4 Å². The summed E-state index contributed by atoms with van der Waals surface area (Å²) in [5.74, 6) is 4.31. The second kappa shape index (κ2) is 11.4. The number of hydrogen-bond donors (Lipinski definition) is 2. The van der Waals surface area contributed by atoms with Gasteiger partial charge in [0, 0.05) is 33.7 Å². The number of sulfone groups is 1. The Bertz CT molecular complexity index is 958. The summed E-state index contributed by atoms with van der Waals surface area (Å²) < 4.78 is 26.1. The van der Waals surface area contributed by atoms with Gasteiger partial charge in [0.25, 0.3) is 0 Å². The summed E-state index contributed by atoms with van der Waals surface area (Å²) in [4.78, 5) is 4.48. The van der Waals surface area contributed by atoms with Crippen LogP contribution < -0.4 is 10.6 Å². The summed E-state index contributed by atoms with van der Waals surface area (Å²) in [6, 6.07) is 9.83. The quantitative estimate of drug-likeness (QED) is 0.382. The van der Waals surface area contributed by atoms with Crippen LogP contribution in [0.4, 0.5) is 0 Å². The van der Waals surface area contributed by atoms with Crippen molar-refractivity contribution < 1.29 is 8.42 Å². The minimum Gasteiger partial charge on any atom is -0.370 e. The molecular weight excluding hydrogens is 482 g/mol. The third-order valence-corrected chi connectivity index (χ3v) is 6.85. The molecule has 0 aliphatic rings. The topological polar surface area (TPSA) is 71.1 Å². The van der Waals surface area contributed by atoms with Crippen molar-refractivity contribution in [2.24, 2.45) is 0 Å². The van der Waals surface area contributed by atoms with Crippen LogP contribution in [-0.4, -0.2) is 32.2 Å². The minimum absolute atomic E-state index is 0.160. The molecule has 9 heteroatoms. The van der Waals surface area contributed by atoms with Crippen molar-refractivity contribution in [1.82, 2.24) is 15.6 Å². The van der Waals surface area contributed by atoms with Gasteiger partial charge >= 0.3 is 0 Å². The molecule has 0 aliphatic carbocycles. The third-order valence-electron chi connectivity index (χ3n) is 3.43. The number of terminal acetylenes is 1. The molecule has 28 heavy (non-hydrogen) atoms. The van der Waals surface area contributed by atoms with Gasteiger partial charge in [0.15, 0.2) is 0 Å². The van der Waals surface area contributed by atoms with Crippen molar-refractivity contribution in [2.75, 3.05) is 18.8 Å². The summed E-state index contributed by atoms with van der Waals surface area (Å²) in [7, 11) is -3.64. The van der Waals surface area contributed by atoms with Gasteiger partial charge in [-0.3, -0.25) is 4.98 Å². The van der Waals surface area contributed by atoms with E-state index in [2.05, 4.69) is 37.5 Å². The molecule has 2 rings (SSSR count).